The number of benzene rings is 2. The Morgan fingerprint density at radius 2 is 1.58 bits per heavy atom. The van der Waals surface area contributed by atoms with Gasteiger partial charge in [-0.25, -0.2) is 9.59 Å². The number of unbranched alkanes of at least 4 members (excludes halogenated alkanes) is 3. The summed E-state index contributed by atoms with van der Waals surface area (Å²) in [4.78, 5) is 60.2. The maximum atomic E-state index is 14.2. The number of nitrogens with one attached hydrogen (secondary N) is 1. The van der Waals surface area contributed by atoms with Crippen molar-refractivity contribution in [1.29, 1.82) is 0 Å². The summed E-state index contributed by atoms with van der Waals surface area (Å²) >= 11 is 6.15. The number of nitrogen functional groups attached to an aromatic ring is 1. The van der Waals surface area contributed by atoms with Crippen LogP contribution in [0.5, 0.6) is 0 Å². The number of piperidine rings is 3. The van der Waals surface area contributed by atoms with Crippen molar-refractivity contribution < 1.29 is 41.8 Å². The van der Waals surface area contributed by atoms with Crippen molar-refractivity contribution in [2.75, 3.05) is 63.5 Å². The average Bonchev–Trinajstić information content (AvgIpc) is 3.23. The molecule has 6 rings (SSSR count). The van der Waals surface area contributed by atoms with Crippen LogP contribution in [0.2, 0.25) is 5.02 Å². The highest BCUT2D eigenvalue weighted by atomic mass is 35.5. The Labute approximate surface area is 349 Å². The highest BCUT2D eigenvalue weighted by Crippen LogP contribution is 2.39. The lowest BCUT2D eigenvalue weighted by Crippen LogP contribution is -2.52. The molecule has 0 radical (unpaired) electrons. The predicted molar refractivity (Wildman–Crippen MR) is 219 cm³/mol. The molecule has 4 aliphatic heterocycles. The number of nitrogens with two attached hydrogens (primary N) is 1. The Bertz CT molecular complexity index is 1780. The Morgan fingerprint density at radius 1 is 0.915 bits per heavy atom. The summed E-state index contributed by atoms with van der Waals surface area (Å²) in [7, 11) is 0. The van der Waals surface area contributed by atoms with Gasteiger partial charge in [-0.3, -0.25) is 9.59 Å². The number of likely N-dealkylation sites (tertiary alicyclic amines) is 3. The number of carbonyl (C=O) groups excluding carboxylic acids is 4. The number of hydrogen-bond acceptors (Lipinski definition) is 8. The largest absolute Gasteiger partial charge is 0.466 e. The highest BCUT2D eigenvalue weighted by molar-refractivity contribution is 6.33. The number of anilines is 2. The van der Waals surface area contributed by atoms with Gasteiger partial charge in [-0.2, -0.15) is 13.2 Å². The molecule has 0 spiro atoms. The van der Waals surface area contributed by atoms with Crippen molar-refractivity contribution in [2.24, 2.45) is 11.8 Å². The number of fused-ring (bicyclic) bond motifs is 1. The molecule has 0 saturated carbocycles. The van der Waals surface area contributed by atoms with E-state index in [9.17, 15) is 32.3 Å². The lowest BCUT2D eigenvalue weighted by molar-refractivity contribution is -0.144. The number of alkyl halides is 3. The van der Waals surface area contributed by atoms with Crippen LogP contribution in [0.25, 0.3) is 0 Å². The summed E-state index contributed by atoms with van der Waals surface area (Å²) < 4.78 is 53.0. The third kappa shape index (κ3) is 11.7. The van der Waals surface area contributed by atoms with E-state index < -0.39 is 35.5 Å². The van der Waals surface area contributed by atoms with Gasteiger partial charge in [0.05, 0.1) is 29.3 Å². The second-order valence-corrected chi connectivity index (χ2v) is 16.8. The number of rotatable bonds is 14. The number of ether oxygens (including phenoxy) is 2. The van der Waals surface area contributed by atoms with Crippen LogP contribution in [0.3, 0.4) is 0 Å². The van der Waals surface area contributed by atoms with E-state index in [0.29, 0.717) is 63.9 Å². The molecular formula is C43H58ClF3N6O6. The van der Waals surface area contributed by atoms with Crippen molar-refractivity contribution in [2.45, 2.75) is 109 Å². The van der Waals surface area contributed by atoms with E-state index in [1.165, 1.54) is 11.0 Å². The van der Waals surface area contributed by atoms with E-state index in [1.807, 2.05) is 24.3 Å². The van der Waals surface area contributed by atoms with Gasteiger partial charge in [0.15, 0.2) is 6.10 Å². The second-order valence-electron chi connectivity index (χ2n) is 16.4. The van der Waals surface area contributed by atoms with Gasteiger partial charge in [-0.1, -0.05) is 56.0 Å². The molecule has 2 aromatic carbocycles. The van der Waals surface area contributed by atoms with Crippen molar-refractivity contribution in [3.63, 3.8) is 0 Å². The standard InChI is InChI=1S/C43H58ClF3N6O6/c1-2-3-4-7-24-58-38(54)16-19-50-17-10-30(11-18-50)31-12-20-51(21-13-31)40(55)37(27-29-25-34(43(45,46)47)39(48)35(44)26-29)59-42(57)52-22-14-33(15-23-52)53-28-32-8-5-6-9-36(32)49-41(53)56/h5-6,8-9,25-26,30-31,33,37H,2-4,7,10-24,27-28,48H2,1H3,(H,49,56)/t37-/m1/s1. The fourth-order valence-corrected chi connectivity index (χ4v) is 9.21. The minimum Gasteiger partial charge on any atom is -0.466 e. The van der Waals surface area contributed by atoms with Gasteiger partial charge in [0.1, 0.15) is 0 Å². The van der Waals surface area contributed by atoms with E-state index in [-0.39, 0.29) is 48.1 Å². The van der Waals surface area contributed by atoms with Crippen LogP contribution in [-0.2, 0) is 38.2 Å². The fourth-order valence-electron chi connectivity index (χ4n) is 8.97. The molecule has 4 heterocycles. The fraction of sp³-hybridized carbons (Fsp3) is 0.628. The molecule has 324 valence electrons. The first-order valence-corrected chi connectivity index (χ1v) is 21.6. The maximum absolute atomic E-state index is 14.2. The van der Waals surface area contributed by atoms with E-state index in [2.05, 4.69) is 17.1 Å². The molecule has 1 atom stereocenters. The molecule has 3 fully saturated rings. The molecule has 4 aliphatic rings. The zero-order chi connectivity index (χ0) is 42.1. The number of urea groups is 1. The van der Waals surface area contributed by atoms with Crippen LogP contribution >= 0.6 is 11.6 Å². The second kappa shape index (κ2) is 20.3. The molecule has 3 saturated heterocycles. The molecular weight excluding hydrogens is 789 g/mol. The summed E-state index contributed by atoms with van der Waals surface area (Å²) in [6.45, 7) is 6.96. The monoisotopic (exact) mass is 846 g/mol. The highest BCUT2D eigenvalue weighted by Gasteiger charge is 2.39. The van der Waals surface area contributed by atoms with E-state index in [4.69, 9.17) is 26.8 Å². The number of nitrogens with zero attached hydrogens (tertiary/aromatic N) is 4. The number of carbonyl (C=O) groups is 4. The van der Waals surface area contributed by atoms with Crippen molar-refractivity contribution in [3.05, 3.63) is 58.1 Å². The Kier molecular flexibility index (Phi) is 15.3. The Morgan fingerprint density at radius 3 is 2.25 bits per heavy atom. The number of halogens is 4. The van der Waals surface area contributed by atoms with E-state index in [0.717, 1.165) is 81.8 Å². The molecule has 16 heteroatoms. The number of hydrogen-bond donors (Lipinski definition) is 2. The molecule has 4 amide bonds. The molecule has 0 unspecified atom stereocenters. The average molecular weight is 847 g/mol. The quantitative estimate of drug-likeness (QED) is 0.111. The SMILES string of the molecule is CCCCCCOC(=O)CCN1CCC(C2CCN(C(=O)[C@@H](Cc3cc(Cl)c(N)c(C(F)(F)F)c3)OC(=O)N3CCC(N4Cc5ccccc5NC4=O)CC3)CC2)CC1. The van der Waals surface area contributed by atoms with Gasteiger partial charge in [-0.05, 0) is 99.2 Å². The van der Waals surface area contributed by atoms with Gasteiger partial charge < -0.3 is 40.1 Å². The molecule has 12 nitrogen and oxygen atoms in total. The summed E-state index contributed by atoms with van der Waals surface area (Å²) in [6, 6.07) is 9.42. The van der Waals surface area contributed by atoms with Crippen LogP contribution in [0.15, 0.2) is 36.4 Å². The molecule has 0 aliphatic carbocycles. The zero-order valence-electron chi connectivity index (χ0n) is 34.0. The molecule has 3 N–H and O–H groups in total. The van der Waals surface area contributed by atoms with Gasteiger partial charge in [-0.15, -0.1) is 0 Å². The van der Waals surface area contributed by atoms with E-state index in [1.54, 1.807) is 9.80 Å². The zero-order valence-corrected chi connectivity index (χ0v) is 34.7. The normalized spacial score (nSPS) is 19.3. The summed E-state index contributed by atoms with van der Waals surface area (Å²) in [5.41, 5.74) is 5.81. The molecule has 0 bridgehead atoms. The Balaban J connectivity index is 1.03. The topological polar surface area (TPSA) is 138 Å². The summed E-state index contributed by atoms with van der Waals surface area (Å²) in [5.74, 6) is 0.264. The maximum Gasteiger partial charge on any atom is 0.418 e. The predicted octanol–water partition coefficient (Wildman–Crippen LogP) is 7.97. The Hall–Kier alpha value is -4.24. The van der Waals surface area contributed by atoms with Crippen LogP contribution in [0.1, 0.15) is 94.2 Å². The lowest BCUT2D eigenvalue weighted by atomic mass is 9.78. The van der Waals surface area contributed by atoms with Crippen LogP contribution in [0.4, 0.5) is 34.1 Å². The minimum atomic E-state index is -4.78. The minimum absolute atomic E-state index is 0.0691. The first-order chi connectivity index (χ1) is 28.3. The van der Waals surface area contributed by atoms with Crippen molar-refractivity contribution in [1.82, 2.24) is 19.6 Å². The summed E-state index contributed by atoms with van der Waals surface area (Å²) in [5, 5.41) is 2.63. The van der Waals surface area contributed by atoms with Crippen LogP contribution in [0, 0.1) is 11.8 Å². The molecule has 0 aromatic heterocycles. The summed E-state index contributed by atoms with van der Waals surface area (Å²) in [6.07, 6.45) is 1.90. The van der Waals surface area contributed by atoms with E-state index >= 15 is 0 Å². The lowest BCUT2D eigenvalue weighted by Gasteiger charge is -2.41. The van der Waals surface area contributed by atoms with Gasteiger partial charge >= 0.3 is 24.3 Å². The first kappa shape index (κ1) is 44.3. The smallest absolute Gasteiger partial charge is 0.418 e. The van der Waals surface area contributed by atoms with Crippen molar-refractivity contribution in [3.8, 4) is 0 Å². The number of para-hydroxylation sites is 1. The number of esters is 1. The third-order valence-corrected chi connectivity index (χ3v) is 12.8. The molecule has 2 aromatic rings. The third-order valence-electron chi connectivity index (χ3n) is 12.5. The first-order valence-electron chi connectivity index (χ1n) is 21.2. The van der Waals surface area contributed by atoms with Gasteiger partial charge in [0.25, 0.3) is 5.91 Å². The van der Waals surface area contributed by atoms with Crippen molar-refractivity contribution >= 4 is 47.0 Å². The van der Waals surface area contributed by atoms with Crippen LogP contribution in [-0.4, -0.2) is 108 Å². The van der Waals surface area contributed by atoms with Gasteiger partial charge in [0, 0.05) is 57.4 Å². The van der Waals surface area contributed by atoms with Gasteiger partial charge in [0.2, 0.25) is 0 Å². The molecule has 59 heavy (non-hydrogen) atoms. The number of amides is 4. The van der Waals surface area contributed by atoms with Crippen LogP contribution < -0.4 is 11.1 Å².